The summed E-state index contributed by atoms with van der Waals surface area (Å²) in [6, 6.07) is 21.4. The molecule has 0 radical (unpaired) electrons. The number of aryl methyl sites for hydroxylation is 1. The third-order valence-electron chi connectivity index (χ3n) is 7.07. The van der Waals surface area contributed by atoms with Crippen molar-refractivity contribution in [1.29, 1.82) is 0 Å². The van der Waals surface area contributed by atoms with Gasteiger partial charge >= 0.3 is 0 Å². The number of carbonyl (C=O) groups is 2. The van der Waals surface area contributed by atoms with E-state index in [4.69, 9.17) is 11.6 Å². The van der Waals surface area contributed by atoms with Crippen LogP contribution in [-0.2, 0) is 26.2 Å². The minimum absolute atomic E-state index is 0.0603. The monoisotopic (exact) mass is 567 g/mol. The molecule has 4 rings (SSSR count). The summed E-state index contributed by atoms with van der Waals surface area (Å²) in [6.07, 6.45) is 3.94. The molecule has 0 bridgehead atoms. The average Bonchev–Trinajstić information content (AvgIpc) is 3.44. The third kappa shape index (κ3) is 6.99. The van der Waals surface area contributed by atoms with E-state index < -0.39 is 28.5 Å². The molecule has 1 saturated carbocycles. The highest BCUT2D eigenvalue weighted by atomic mass is 35.5. The van der Waals surface area contributed by atoms with E-state index in [9.17, 15) is 18.0 Å². The Morgan fingerprint density at radius 3 is 2.31 bits per heavy atom. The second-order valence-corrected chi connectivity index (χ2v) is 12.2. The summed E-state index contributed by atoms with van der Waals surface area (Å²) in [5.74, 6) is -0.777. The fourth-order valence-corrected chi connectivity index (χ4v) is 6.44. The van der Waals surface area contributed by atoms with Gasteiger partial charge in [0, 0.05) is 17.6 Å². The van der Waals surface area contributed by atoms with Crippen molar-refractivity contribution in [2.45, 2.75) is 63.1 Å². The zero-order valence-electron chi connectivity index (χ0n) is 22.2. The molecule has 9 heteroatoms. The molecular formula is C30H34ClN3O4S. The van der Waals surface area contributed by atoms with Crippen molar-refractivity contribution < 1.29 is 18.0 Å². The largest absolute Gasteiger partial charge is 0.352 e. The standard InChI is InChI=1S/C30H34ClN3O4S/c1-22-11-10-15-26(19-22)34(39(37,38)27-16-4-3-5-17-27)21-29(35)33(20-24-12-6-9-18-28(24)31)23(2)30(36)32-25-13-7-8-14-25/h3-6,9-12,15-19,23,25H,7-8,13-14,20-21H2,1-2H3,(H,32,36)/t23-/m1/s1. The fraction of sp³-hybridized carbons (Fsp3) is 0.333. The summed E-state index contributed by atoms with van der Waals surface area (Å²) in [4.78, 5) is 28.7. The zero-order chi connectivity index (χ0) is 28.0. The molecule has 3 aromatic rings. The first-order valence-electron chi connectivity index (χ1n) is 13.1. The number of rotatable bonds is 10. The van der Waals surface area contributed by atoms with Crippen LogP contribution in [-0.4, -0.2) is 43.8 Å². The number of nitrogens with zero attached hydrogens (tertiary/aromatic N) is 2. The van der Waals surface area contributed by atoms with Crippen LogP contribution < -0.4 is 9.62 Å². The van der Waals surface area contributed by atoms with Crippen LogP contribution in [0.25, 0.3) is 0 Å². The maximum Gasteiger partial charge on any atom is 0.264 e. The summed E-state index contributed by atoms with van der Waals surface area (Å²) in [5.41, 5.74) is 1.89. The summed E-state index contributed by atoms with van der Waals surface area (Å²) < 4.78 is 28.7. The lowest BCUT2D eigenvalue weighted by molar-refractivity contribution is -0.139. The van der Waals surface area contributed by atoms with E-state index >= 15 is 0 Å². The number of amides is 2. The van der Waals surface area contributed by atoms with Crippen molar-refractivity contribution in [2.24, 2.45) is 0 Å². The van der Waals surface area contributed by atoms with Crippen LogP contribution in [0, 0.1) is 6.92 Å². The van der Waals surface area contributed by atoms with Gasteiger partial charge in [-0.05, 0) is 68.1 Å². The SMILES string of the molecule is Cc1cccc(N(CC(=O)N(Cc2ccccc2Cl)[C@H](C)C(=O)NC2CCCC2)S(=O)(=O)c2ccccc2)c1. The summed E-state index contributed by atoms with van der Waals surface area (Å²) in [7, 11) is -4.09. The first-order valence-corrected chi connectivity index (χ1v) is 15.0. The van der Waals surface area contributed by atoms with Gasteiger partial charge in [-0.25, -0.2) is 8.42 Å². The maximum atomic E-state index is 14.0. The van der Waals surface area contributed by atoms with Gasteiger partial charge in [0.15, 0.2) is 0 Å². The minimum atomic E-state index is -4.09. The van der Waals surface area contributed by atoms with Crippen molar-refractivity contribution in [2.75, 3.05) is 10.8 Å². The molecule has 206 valence electrons. The molecule has 3 aromatic carbocycles. The maximum absolute atomic E-state index is 14.0. The molecule has 7 nitrogen and oxygen atoms in total. The Kier molecular flexibility index (Phi) is 9.30. The molecule has 0 unspecified atom stereocenters. The Bertz CT molecular complexity index is 1410. The highest BCUT2D eigenvalue weighted by Gasteiger charge is 2.33. The van der Waals surface area contributed by atoms with Gasteiger partial charge in [-0.1, -0.05) is 73.0 Å². The van der Waals surface area contributed by atoms with Crippen molar-refractivity contribution in [3.63, 3.8) is 0 Å². The predicted molar refractivity (Wildman–Crippen MR) is 154 cm³/mol. The molecule has 0 spiro atoms. The third-order valence-corrected chi connectivity index (χ3v) is 9.22. The molecule has 39 heavy (non-hydrogen) atoms. The van der Waals surface area contributed by atoms with E-state index in [1.807, 2.05) is 19.1 Å². The highest BCUT2D eigenvalue weighted by Crippen LogP contribution is 2.26. The van der Waals surface area contributed by atoms with Gasteiger partial charge in [-0.2, -0.15) is 0 Å². The van der Waals surface area contributed by atoms with E-state index in [1.54, 1.807) is 61.5 Å². The van der Waals surface area contributed by atoms with Gasteiger partial charge < -0.3 is 10.2 Å². The molecule has 0 saturated heterocycles. The number of halogens is 1. The lowest BCUT2D eigenvalue weighted by atomic mass is 10.1. The van der Waals surface area contributed by atoms with Gasteiger partial charge in [-0.3, -0.25) is 13.9 Å². The Hall–Kier alpha value is -3.36. The quantitative estimate of drug-likeness (QED) is 0.359. The summed E-state index contributed by atoms with van der Waals surface area (Å²) >= 11 is 6.42. The summed E-state index contributed by atoms with van der Waals surface area (Å²) in [6.45, 7) is 3.11. The minimum Gasteiger partial charge on any atom is -0.352 e. The van der Waals surface area contributed by atoms with E-state index in [-0.39, 0.29) is 23.4 Å². The number of hydrogen-bond donors (Lipinski definition) is 1. The Balaban J connectivity index is 1.69. The van der Waals surface area contributed by atoms with Gasteiger partial charge in [0.05, 0.1) is 10.6 Å². The number of sulfonamides is 1. The van der Waals surface area contributed by atoms with E-state index in [0.29, 0.717) is 16.3 Å². The number of benzene rings is 3. The number of hydrogen-bond acceptors (Lipinski definition) is 4. The second-order valence-electron chi connectivity index (χ2n) is 9.94. The molecule has 0 heterocycles. The fourth-order valence-electron chi connectivity index (χ4n) is 4.82. The Morgan fingerprint density at radius 1 is 0.974 bits per heavy atom. The van der Waals surface area contributed by atoms with Gasteiger partial charge in [0.2, 0.25) is 11.8 Å². The lowest BCUT2D eigenvalue weighted by Gasteiger charge is -2.32. The van der Waals surface area contributed by atoms with E-state index in [1.165, 1.54) is 17.0 Å². The van der Waals surface area contributed by atoms with Crippen LogP contribution >= 0.6 is 11.6 Å². The van der Waals surface area contributed by atoms with Gasteiger partial charge in [0.1, 0.15) is 12.6 Å². The van der Waals surface area contributed by atoms with Crippen molar-refractivity contribution in [3.05, 3.63) is 95.0 Å². The Labute approximate surface area is 235 Å². The smallest absolute Gasteiger partial charge is 0.264 e. The van der Waals surface area contributed by atoms with Gasteiger partial charge in [-0.15, -0.1) is 0 Å². The van der Waals surface area contributed by atoms with Crippen LogP contribution in [0.2, 0.25) is 5.02 Å². The van der Waals surface area contributed by atoms with Gasteiger partial charge in [0.25, 0.3) is 10.0 Å². The molecule has 2 amide bonds. The zero-order valence-corrected chi connectivity index (χ0v) is 23.8. The molecule has 1 N–H and O–H groups in total. The van der Waals surface area contributed by atoms with Crippen LogP contribution in [0.3, 0.4) is 0 Å². The first kappa shape index (κ1) is 28.6. The van der Waals surface area contributed by atoms with E-state index in [2.05, 4.69) is 5.32 Å². The lowest BCUT2D eigenvalue weighted by Crippen LogP contribution is -2.52. The molecule has 1 aliphatic rings. The number of carbonyl (C=O) groups excluding carboxylic acids is 2. The normalized spacial score (nSPS) is 14.5. The second kappa shape index (κ2) is 12.7. The van der Waals surface area contributed by atoms with Crippen LogP contribution in [0.5, 0.6) is 0 Å². The van der Waals surface area contributed by atoms with Crippen molar-refractivity contribution >= 4 is 39.1 Å². The highest BCUT2D eigenvalue weighted by molar-refractivity contribution is 7.92. The average molecular weight is 568 g/mol. The molecule has 0 aliphatic heterocycles. The Morgan fingerprint density at radius 2 is 1.64 bits per heavy atom. The van der Waals surface area contributed by atoms with Crippen molar-refractivity contribution in [1.82, 2.24) is 10.2 Å². The number of anilines is 1. The molecule has 0 aromatic heterocycles. The van der Waals surface area contributed by atoms with Crippen LogP contribution in [0.4, 0.5) is 5.69 Å². The molecular weight excluding hydrogens is 534 g/mol. The van der Waals surface area contributed by atoms with Crippen molar-refractivity contribution in [3.8, 4) is 0 Å². The molecule has 1 aliphatic carbocycles. The van der Waals surface area contributed by atoms with E-state index in [0.717, 1.165) is 35.6 Å². The van der Waals surface area contributed by atoms with Crippen LogP contribution in [0.1, 0.15) is 43.7 Å². The number of nitrogens with one attached hydrogen (secondary N) is 1. The molecule has 1 atom stereocenters. The van der Waals surface area contributed by atoms with Crippen LogP contribution in [0.15, 0.2) is 83.8 Å². The molecule has 1 fully saturated rings. The summed E-state index contributed by atoms with van der Waals surface area (Å²) in [5, 5.41) is 3.53. The first-order chi connectivity index (χ1) is 18.7. The predicted octanol–water partition coefficient (Wildman–Crippen LogP) is 5.32. The topological polar surface area (TPSA) is 86.8 Å².